The van der Waals surface area contributed by atoms with E-state index in [2.05, 4.69) is 34.7 Å². The van der Waals surface area contributed by atoms with Crippen molar-refractivity contribution < 1.29 is 0 Å². The molecule has 0 bridgehead atoms. The summed E-state index contributed by atoms with van der Waals surface area (Å²) in [5, 5.41) is 14.4. The number of aromatic nitrogens is 4. The van der Waals surface area contributed by atoms with Gasteiger partial charge in [0, 0.05) is 13.6 Å². The Morgan fingerprint density at radius 2 is 2.08 bits per heavy atom. The van der Waals surface area contributed by atoms with Crippen molar-refractivity contribution in [1.29, 1.82) is 0 Å². The quantitative estimate of drug-likeness (QED) is 0.741. The number of anilines is 1. The molecule has 0 radical (unpaired) electrons. The molecule has 0 atom stereocenters. The van der Waals surface area contributed by atoms with Crippen molar-refractivity contribution in [3.8, 4) is 0 Å². The first-order chi connectivity index (χ1) is 6.27. The first-order valence-electron chi connectivity index (χ1n) is 4.74. The summed E-state index contributed by atoms with van der Waals surface area (Å²) in [4.78, 5) is 0. The Hall–Kier alpha value is -1.13. The van der Waals surface area contributed by atoms with Gasteiger partial charge >= 0.3 is 0 Å². The van der Waals surface area contributed by atoms with E-state index in [9.17, 15) is 0 Å². The Balaban J connectivity index is 2.38. The standard InChI is InChI=1S/C8H17N5/c1-4-7(5-2)6-9-8-10-11-12-13(8)3/h7H,4-6H2,1-3H3,(H,9,10,12). The van der Waals surface area contributed by atoms with Crippen LogP contribution in [0.1, 0.15) is 26.7 Å². The molecule has 0 saturated heterocycles. The molecule has 0 amide bonds. The SMILES string of the molecule is CCC(CC)CNc1nnnn1C. The van der Waals surface area contributed by atoms with E-state index in [-0.39, 0.29) is 0 Å². The van der Waals surface area contributed by atoms with Crippen molar-refractivity contribution in [2.24, 2.45) is 13.0 Å². The van der Waals surface area contributed by atoms with E-state index >= 15 is 0 Å². The molecular formula is C8H17N5. The average molecular weight is 183 g/mol. The zero-order chi connectivity index (χ0) is 9.68. The van der Waals surface area contributed by atoms with Crippen molar-refractivity contribution in [3.05, 3.63) is 0 Å². The van der Waals surface area contributed by atoms with Crippen molar-refractivity contribution in [2.75, 3.05) is 11.9 Å². The van der Waals surface area contributed by atoms with Crippen LogP contribution in [0.4, 0.5) is 5.95 Å². The van der Waals surface area contributed by atoms with Gasteiger partial charge in [0.2, 0.25) is 5.95 Å². The number of rotatable bonds is 5. The average Bonchev–Trinajstić information content (AvgIpc) is 2.54. The second-order valence-electron chi connectivity index (χ2n) is 3.19. The first kappa shape index (κ1) is 9.95. The predicted molar refractivity (Wildman–Crippen MR) is 51.4 cm³/mol. The van der Waals surface area contributed by atoms with Crippen LogP contribution in [-0.2, 0) is 7.05 Å². The van der Waals surface area contributed by atoms with E-state index in [1.165, 1.54) is 12.8 Å². The first-order valence-corrected chi connectivity index (χ1v) is 4.74. The molecule has 74 valence electrons. The Morgan fingerprint density at radius 3 is 2.54 bits per heavy atom. The molecule has 0 spiro atoms. The fourth-order valence-corrected chi connectivity index (χ4v) is 1.19. The van der Waals surface area contributed by atoms with Crippen LogP contribution in [-0.4, -0.2) is 26.8 Å². The van der Waals surface area contributed by atoms with Gasteiger partial charge in [-0.25, -0.2) is 4.68 Å². The highest BCUT2D eigenvalue weighted by atomic mass is 15.6. The number of hydrogen-bond acceptors (Lipinski definition) is 4. The Labute approximate surface area is 78.5 Å². The van der Waals surface area contributed by atoms with E-state index in [0.29, 0.717) is 5.92 Å². The van der Waals surface area contributed by atoms with Gasteiger partial charge in [-0.2, -0.15) is 0 Å². The van der Waals surface area contributed by atoms with Crippen LogP contribution in [0.3, 0.4) is 0 Å². The van der Waals surface area contributed by atoms with Gasteiger partial charge in [0.25, 0.3) is 0 Å². The van der Waals surface area contributed by atoms with Crippen LogP contribution in [0.15, 0.2) is 0 Å². The summed E-state index contributed by atoms with van der Waals surface area (Å²) in [6.07, 6.45) is 2.38. The molecule has 13 heavy (non-hydrogen) atoms. The lowest BCUT2D eigenvalue weighted by Gasteiger charge is -2.12. The van der Waals surface area contributed by atoms with Crippen molar-refractivity contribution in [3.63, 3.8) is 0 Å². The summed E-state index contributed by atoms with van der Waals surface area (Å²) < 4.78 is 1.64. The minimum Gasteiger partial charge on any atom is -0.353 e. The van der Waals surface area contributed by atoms with Gasteiger partial charge in [-0.05, 0) is 16.3 Å². The van der Waals surface area contributed by atoms with Crippen molar-refractivity contribution in [1.82, 2.24) is 20.2 Å². The zero-order valence-corrected chi connectivity index (χ0v) is 8.49. The van der Waals surface area contributed by atoms with Gasteiger partial charge in [-0.15, -0.1) is 0 Å². The zero-order valence-electron chi connectivity index (χ0n) is 8.49. The lowest BCUT2D eigenvalue weighted by atomic mass is 10.0. The summed E-state index contributed by atoms with van der Waals surface area (Å²) in [7, 11) is 1.83. The molecule has 0 fully saturated rings. The second-order valence-corrected chi connectivity index (χ2v) is 3.19. The summed E-state index contributed by atoms with van der Waals surface area (Å²) >= 11 is 0. The molecular weight excluding hydrogens is 166 g/mol. The van der Waals surface area contributed by atoms with Gasteiger partial charge in [-0.3, -0.25) is 0 Å². The van der Waals surface area contributed by atoms with Crippen LogP contribution in [0.5, 0.6) is 0 Å². The van der Waals surface area contributed by atoms with E-state index in [0.717, 1.165) is 12.5 Å². The molecule has 1 heterocycles. The van der Waals surface area contributed by atoms with E-state index in [4.69, 9.17) is 0 Å². The summed E-state index contributed by atoms with van der Waals surface area (Å²) in [5.74, 6) is 1.45. The highest BCUT2D eigenvalue weighted by Gasteiger charge is 2.05. The molecule has 5 heteroatoms. The largest absolute Gasteiger partial charge is 0.353 e. The maximum absolute atomic E-state index is 3.85. The van der Waals surface area contributed by atoms with Gasteiger partial charge in [-0.1, -0.05) is 31.8 Å². The molecule has 0 aliphatic heterocycles. The molecule has 0 aromatic carbocycles. The van der Waals surface area contributed by atoms with E-state index in [1.807, 2.05) is 7.05 Å². The van der Waals surface area contributed by atoms with Gasteiger partial charge in [0.05, 0.1) is 0 Å². The summed E-state index contributed by atoms with van der Waals surface area (Å²) in [6.45, 7) is 5.34. The van der Waals surface area contributed by atoms with Gasteiger partial charge < -0.3 is 5.32 Å². The maximum Gasteiger partial charge on any atom is 0.242 e. The molecule has 1 rings (SSSR count). The molecule has 1 aromatic heterocycles. The van der Waals surface area contributed by atoms with Gasteiger partial charge in [0.15, 0.2) is 0 Å². The van der Waals surface area contributed by atoms with Crippen LogP contribution >= 0.6 is 0 Å². The predicted octanol–water partition coefficient (Wildman–Crippen LogP) is 1.06. The number of tetrazole rings is 1. The van der Waals surface area contributed by atoms with E-state index in [1.54, 1.807) is 4.68 Å². The molecule has 5 nitrogen and oxygen atoms in total. The number of aryl methyl sites for hydroxylation is 1. The molecule has 0 aliphatic rings. The lowest BCUT2D eigenvalue weighted by Crippen LogP contribution is -2.15. The number of nitrogens with zero attached hydrogens (tertiary/aromatic N) is 4. The number of hydrogen-bond donors (Lipinski definition) is 1. The highest BCUT2D eigenvalue weighted by Crippen LogP contribution is 2.08. The Morgan fingerprint density at radius 1 is 1.38 bits per heavy atom. The third-order valence-corrected chi connectivity index (χ3v) is 2.32. The van der Waals surface area contributed by atoms with Crippen LogP contribution < -0.4 is 5.32 Å². The Bertz CT molecular complexity index is 240. The summed E-state index contributed by atoms with van der Waals surface area (Å²) in [6, 6.07) is 0. The highest BCUT2D eigenvalue weighted by molar-refractivity contribution is 5.20. The fourth-order valence-electron chi connectivity index (χ4n) is 1.19. The van der Waals surface area contributed by atoms with Crippen LogP contribution in [0.25, 0.3) is 0 Å². The second kappa shape index (κ2) is 4.79. The topological polar surface area (TPSA) is 55.6 Å². The minimum absolute atomic E-state index is 0.705. The van der Waals surface area contributed by atoms with Crippen LogP contribution in [0, 0.1) is 5.92 Å². The molecule has 0 saturated carbocycles. The van der Waals surface area contributed by atoms with Crippen molar-refractivity contribution >= 4 is 5.95 Å². The number of nitrogens with one attached hydrogen (secondary N) is 1. The molecule has 1 aromatic rings. The maximum atomic E-state index is 3.85. The smallest absolute Gasteiger partial charge is 0.242 e. The minimum atomic E-state index is 0.705. The van der Waals surface area contributed by atoms with Crippen LogP contribution in [0.2, 0.25) is 0 Å². The van der Waals surface area contributed by atoms with Gasteiger partial charge in [0.1, 0.15) is 0 Å². The molecule has 0 unspecified atom stereocenters. The molecule has 1 N–H and O–H groups in total. The van der Waals surface area contributed by atoms with Crippen molar-refractivity contribution in [2.45, 2.75) is 26.7 Å². The summed E-state index contributed by atoms with van der Waals surface area (Å²) in [5.41, 5.74) is 0. The third kappa shape index (κ3) is 2.68. The lowest BCUT2D eigenvalue weighted by molar-refractivity contribution is 0.516. The Kier molecular flexibility index (Phi) is 3.67. The van der Waals surface area contributed by atoms with E-state index < -0.39 is 0 Å². The third-order valence-electron chi connectivity index (χ3n) is 2.32. The normalized spacial score (nSPS) is 10.8. The fraction of sp³-hybridized carbons (Fsp3) is 0.875. The monoisotopic (exact) mass is 183 g/mol. The molecule has 0 aliphatic carbocycles.